The van der Waals surface area contributed by atoms with E-state index in [4.69, 9.17) is 0 Å². The van der Waals surface area contributed by atoms with Crippen molar-refractivity contribution in [2.45, 2.75) is 18.6 Å². The summed E-state index contributed by atoms with van der Waals surface area (Å²) in [6.07, 6.45) is 0. The van der Waals surface area contributed by atoms with Gasteiger partial charge in [0.25, 0.3) is 0 Å². The molecule has 162 valence electrons. The summed E-state index contributed by atoms with van der Waals surface area (Å²) in [4.78, 5) is 12.4. The first-order valence-electron chi connectivity index (χ1n) is 10.1. The second-order valence-electron chi connectivity index (χ2n) is 7.11. The Morgan fingerprint density at radius 2 is 1.78 bits per heavy atom. The SMILES string of the molecule is Cc1cccc(-n2c(CNc3ccccc3)nnc2SCC(=O)Nc2ccccc2F)c1. The van der Waals surface area contributed by atoms with Crippen LogP contribution in [0.15, 0.2) is 84.0 Å². The molecule has 0 unspecified atom stereocenters. The fourth-order valence-electron chi connectivity index (χ4n) is 3.15. The number of hydrogen-bond donors (Lipinski definition) is 2. The Kier molecular flexibility index (Phi) is 6.81. The molecule has 32 heavy (non-hydrogen) atoms. The molecule has 0 spiro atoms. The van der Waals surface area contributed by atoms with E-state index in [9.17, 15) is 9.18 Å². The number of hydrogen-bond acceptors (Lipinski definition) is 5. The first kappa shape index (κ1) is 21.6. The summed E-state index contributed by atoms with van der Waals surface area (Å²) in [5, 5.41) is 15.2. The first-order chi connectivity index (χ1) is 15.6. The molecule has 3 aromatic carbocycles. The van der Waals surface area contributed by atoms with Crippen LogP contribution in [0.4, 0.5) is 15.8 Å². The highest BCUT2D eigenvalue weighted by atomic mass is 32.2. The van der Waals surface area contributed by atoms with Crippen molar-refractivity contribution in [2.24, 2.45) is 0 Å². The van der Waals surface area contributed by atoms with Crippen LogP contribution in [0.3, 0.4) is 0 Å². The molecule has 6 nitrogen and oxygen atoms in total. The maximum absolute atomic E-state index is 13.8. The molecule has 0 aliphatic heterocycles. The van der Waals surface area contributed by atoms with Gasteiger partial charge in [-0.15, -0.1) is 10.2 Å². The lowest BCUT2D eigenvalue weighted by molar-refractivity contribution is -0.113. The summed E-state index contributed by atoms with van der Waals surface area (Å²) in [6.45, 7) is 2.48. The van der Waals surface area contributed by atoms with Crippen molar-refractivity contribution >= 4 is 29.0 Å². The van der Waals surface area contributed by atoms with Crippen molar-refractivity contribution in [3.63, 3.8) is 0 Å². The third-order valence-electron chi connectivity index (χ3n) is 4.66. The summed E-state index contributed by atoms with van der Waals surface area (Å²) in [7, 11) is 0. The largest absolute Gasteiger partial charge is 0.378 e. The molecule has 0 bridgehead atoms. The minimum atomic E-state index is -0.469. The summed E-state index contributed by atoms with van der Waals surface area (Å²) >= 11 is 1.25. The molecule has 0 aliphatic rings. The summed E-state index contributed by atoms with van der Waals surface area (Å²) in [5.41, 5.74) is 3.15. The lowest BCUT2D eigenvalue weighted by Crippen LogP contribution is -2.15. The highest BCUT2D eigenvalue weighted by Crippen LogP contribution is 2.24. The standard InChI is InChI=1S/C24H22FN5OS/c1-17-8-7-11-19(14-17)30-22(15-26-18-9-3-2-4-10-18)28-29-24(30)32-16-23(31)27-21-13-6-5-12-20(21)25/h2-14,26H,15-16H2,1H3,(H,27,31). The zero-order chi connectivity index (χ0) is 22.3. The predicted octanol–water partition coefficient (Wildman–Crippen LogP) is 5.06. The number of carbonyl (C=O) groups is 1. The second-order valence-corrected chi connectivity index (χ2v) is 8.05. The van der Waals surface area contributed by atoms with Gasteiger partial charge < -0.3 is 10.6 Å². The Hall–Kier alpha value is -3.65. The molecule has 4 rings (SSSR count). The third-order valence-corrected chi connectivity index (χ3v) is 5.59. The Morgan fingerprint density at radius 1 is 1.00 bits per heavy atom. The average Bonchev–Trinajstić information content (AvgIpc) is 3.21. The van der Waals surface area contributed by atoms with Crippen molar-refractivity contribution in [1.29, 1.82) is 0 Å². The highest BCUT2D eigenvalue weighted by molar-refractivity contribution is 7.99. The number of carbonyl (C=O) groups excluding carboxylic acids is 1. The topological polar surface area (TPSA) is 71.8 Å². The number of amides is 1. The van der Waals surface area contributed by atoms with Crippen molar-refractivity contribution in [3.05, 3.63) is 96.1 Å². The second kappa shape index (κ2) is 10.1. The quantitative estimate of drug-likeness (QED) is 0.370. The van der Waals surface area contributed by atoms with Gasteiger partial charge >= 0.3 is 0 Å². The van der Waals surface area contributed by atoms with Gasteiger partial charge in [-0.05, 0) is 48.9 Å². The van der Waals surface area contributed by atoms with Gasteiger partial charge in [0, 0.05) is 11.4 Å². The number of halogens is 1. The molecule has 0 fully saturated rings. The zero-order valence-corrected chi connectivity index (χ0v) is 18.3. The minimum absolute atomic E-state index is 0.0738. The number of anilines is 2. The molecule has 0 atom stereocenters. The number of nitrogens with one attached hydrogen (secondary N) is 2. The molecule has 1 amide bonds. The van der Waals surface area contributed by atoms with Crippen LogP contribution in [-0.2, 0) is 11.3 Å². The number of aromatic nitrogens is 3. The average molecular weight is 448 g/mol. The van der Waals surface area contributed by atoms with Gasteiger partial charge in [0.1, 0.15) is 5.82 Å². The predicted molar refractivity (Wildman–Crippen MR) is 126 cm³/mol. The fraction of sp³-hybridized carbons (Fsp3) is 0.125. The van der Waals surface area contributed by atoms with E-state index in [1.807, 2.05) is 66.1 Å². The first-order valence-corrected chi connectivity index (χ1v) is 11.1. The maximum atomic E-state index is 13.8. The molecule has 8 heteroatoms. The number of benzene rings is 3. The van der Waals surface area contributed by atoms with E-state index < -0.39 is 5.82 Å². The normalized spacial score (nSPS) is 10.7. The van der Waals surface area contributed by atoms with E-state index in [-0.39, 0.29) is 17.3 Å². The number of rotatable bonds is 8. The van der Waals surface area contributed by atoms with Crippen LogP contribution in [0.2, 0.25) is 0 Å². The molecular formula is C24H22FN5OS. The van der Waals surface area contributed by atoms with Crippen LogP contribution in [0.25, 0.3) is 5.69 Å². The molecule has 1 aromatic heterocycles. The number of nitrogens with zero attached hydrogens (tertiary/aromatic N) is 3. The van der Waals surface area contributed by atoms with Crippen LogP contribution in [0, 0.1) is 12.7 Å². The van der Waals surface area contributed by atoms with Gasteiger partial charge in [-0.1, -0.05) is 54.2 Å². The summed E-state index contributed by atoms with van der Waals surface area (Å²) in [6, 6.07) is 23.9. The maximum Gasteiger partial charge on any atom is 0.234 e. The minimum Gasteiger partial charge on any atom is -0.378 e. The molecule has 1 heterocycles. The van der Waals surface area contributed by atoms with Crippen LogP contribution in [-0.4, -0.2) is 26.4 Å². The third kappa shape index (κ3) is 5.33. The van der Waals surface area contributed by atoms with Gasteiger partial charge in [-0.3, -0.25) is 9.36 Å². The lowest BCUT2D eigenvalue weighted by atomic mass is 10.2. The molecular weight excluding hydrogens is 425 g/mol. The van der Waals surface area contributed by atoms with Crippen LogP contribution in [0.5, 0.6) is 0 Å². The Morgan fingerprint density at radius 3 is 2.56 bits per heavy atom. The highest BCUT2D eigenvalue weighted by Gasteiger charge is 2.16. The van der Waals surface area contributed by atoms with E-state index in [1.54, 1.807) is 12.1 Å². The monoisotopic (exact) mass is 447 g/mol. The van der Waals surface area contributed by atoms with E-state index in [0.717, 1.165) is 22.8 Å². The van der Waals surface area contributed by atoms with Crippen LogP contribution in [0.1, 0.15) is 11.4 Å². The molecule has 0 aliphatic carbocycles. The summed E-state index contributed by atoms with van der Waals surface area (Å²) < 4.78 is 15.7. The van der Waals surface area contributed by atoms with Crippen molar-refractivity contribution in [1.82, 2.24) is 14.8 Å². The Bertz CT molecular complexity index is 1210. The zero-order valence-electron chi connectivity index (χ0n) is 17.5. The molecule has 0 radical (unpaired) electrons. The van der Waals surface area contributed by atoms with E-state index in [1.165, 1.54) is 23.9 Å². The number of para-hydroxylation sites is 2. The van der Waals surface area contributed by atoms with Gasteiger partial charge in [0.2, 0.25) is 5.91 Å². The van der Waals surface area contributed by atoms with Crippen LogP contribution >= 0.6 is 11.8 Å². The van der Waals surface area contributed by atoms with Crippen molar-refractivity contribution in [2.75, 3.05) is 16.4 Å². The van der Waals surface area contributed by atoms with Crippen LogP contribution < -0.4 is 10.6 Å². The number of aryl methyl sites for hydroxylation is 1. The molecule has 0 saturated heterocycles. The van der Waals surface area contributed by atoms with Gasteiger partial charge in [-0.2, -0.15) is 0 Å². The van der Waals surface area contributed by atoms with Crippen molar-refractivity contribution < 1.29 is 9.18 Å². The number of thioether (sulfide) groups is 1. The van der Waals surface area contributed by atoms with Gasteiger partial charge in [-0.25, -0.2) is 4.39 Å². The Balaban J connectivity index is 1.52. The fourth-order valence-corrected chi connectivity index (χ4v) is 3.92. The molecule has 0 saturated carbocycles. The van der Waals surface area contributed by atoms with E-state index in [0.29, 0.717) is 11.7 Å². The lowest BCUT2D eigenvalue weighted by Gasteiger charge is -2.12. The molecule has 4 aromatic rings. The van der Waals surface area contributed by atoms with E-state index in [2.05, 4.69) is 20.8 Å². The smallest absolute Gasteiger partial charge is 0.234 e. The van der Waals surface area contributed by atoms with E-state index >= 15 is 0 Å². The molecule has 2 N–H and O–H groups in total. The Labute approximate surface area is 189 Å². The van der Waals surface area contributed by atoms with Crippen molar-refractivity contribution in [3.8, 4) is 5.69 Å². The van der Waals surface area contributed by atoms with Gasteiger partial charge in [0.15, 0.2) is 11.0 Å². The van der Waals surface area contributed by atoms with Gasteiger partial charge in [0.05, 0.1) is 18.0 Å². The summed E-state index contributed by atoms with van der Waals surface area (Å²) in [5.74, 6) is 0.00655.